The lowest BCUT2D eigenvalue weighted by Crippen LogP contribution is -2.44. The molecule has 2 fully saturated rings. The highest BCUT2D eigenvalue weighted by Crippen LogP contribution is 2.36. The Morgan fingerprint density at radius 3 is 2.59 bits per heavy atom. The summed E-state index contributed by atoms with van der Waals surface area (Å²) >= 11 is 1.30. The lowest BCUT2D eigenvalue weighted by Gasteiger charge is -2.16. The van der Waals surface area contributed by atoms with E-state index in [1.54, 1.807) is 11.7 Å². The van der Waals surface area contributed by atoms with Crippen LogP contribution in [-0.4, -0.2) is 52.9 Å². The first-order chi connectivity index (χ1) is 19.9. The number of thiophene rings is 1. The number of hydrogen-bond donors (Lipinski definition) is 1. The van der Waals surface area contributed by atoms with E-state index in [1.165, 1.54) is 23.8 Å². The van der Waals surface area contributed by atoms with Gasteiger partial charge in [0.25, 0.3) is 5.56 Å². The maximum absolute atomic E-state index is 13.6. The molecule has 216 valence electrons. The molecule has 2 aliphatic heterocycles. The Morgan fingerprint density at radius 2 is 1.95 bits per heavy atom. The maximum atomic E-state index is 13.6. The van der Waals surface area contributed by atoms with E-state index in [0.717, 1.165) is 28.7 Å². The molecule has 1 atom stereocenters. The molecule has 2 saturated heterocycles. The number of rotatable bonds is 7. The molecule has 41 heavy (non-hydrogen) atoms. The van der Waals surface area contributed by atoms with Crippen LogP contribution in [-0.2, 0) is 22.5 Å². The zero-order valence-electron chi connectivity index (χ0n) is 22.8. The summed E-state index contributed by atoms with van der Waals surface area (Å²) in [4.78, 5) is 54.8. The van der Waals surface area contributed by atoms with Gasteiger partial charge in [-0.2, -0.15) is 4.91 Å². The number of methoxy groups -OCH3 is 1. The van der Waals surface area contributed by atoms with Crippen molar-refractivity contribution in [2.45, 2.75) is 51.2 Å². The number of hydrogen-bond acceptors (Lipinski definition) is 10. The summed E-state index contributed by atoms with van der Waals surface area (Å²) in [5, 5.41) is 6.05. The van der Waals surface area contributed by atoms with E-state index in [1.807, 2.05) is 31.2 Å². The Bertz CT molecular complexity index is 1650. The molecule has 4 aromatic rings. The minimum absolute atomic E-state index is 0.0312. The van der Waals surface area contributed by atoms with Crippen LogP contribution in [0, 0.1) is 11.8 Å². The second kappa shape index (κ2) is 12.6. The van der Waals surface area contributed by atoms with E-state index in [9.17, 15) is 19.3 Å². The predicted octanol–water partition coefficient (Wildman–Crippen LogP) is 3.43. The van der Waals surface area contributed by atoms with Crippen molar-refractivity contribution >= 4 is 27.5 Å². The number of carbonyl (C=O) groups excluding carboxylic acids is 1. The molecule has 0 aliphatic carbocycles. The van der Waals surface area contributed by atoms with Gasteiger partial charge in [0, 0.05) is 26.3 Å². The standard InChI is InChI=1S/C23H22N4O5S.C5H9NO2/c1-13-17-21(29)27(15-7-9-24-19(15)28)23(30)26(11-8-14-5-3-4-6-16(14)31-2)22(17)33-18(13)20-25-10-12-32-20;7-6-5-1-3-8-4-2-5/h3-6,10,12,15H,7-9,11H2,1-2H3,(H,24,28);5H,1-4H2. The number of ether oxygens (including phenoxy) is 2. The molecular formula is C28H31N5O7S. The fraction of sp³-hybridized carbons (Fsp3) is 0.429. The second-order valence-corrected chi connectivity index (χ2v) is 10.8. The summed E-state index contributed by atoms with van der Waals surface area (Å²) in [6, 6.07) is 6.82. The molecule has 0 radical (unpaired) electrons. The van der Waals surface area contributed by atoms with Crippen molar-refractivity contribution in [1.29, 1.82) is 0 Å². The maximum Gasteiger partial charge on any atom is 0.332 e. The minimum Gasteiger partial charge on any atom is -0.496 e. The van der Waals surface area contributed by atoms with Crippen LogP contribution in [0.1, 0.15) is 36.4 Å². The molecule has 12 nitrogen and oxygen atoms in total. The number of carbonyl (C=O) groups is 1. The molecule has 1 aromatic carbocycles. The second-order valence-electron chi connectivity index (χ2n) is 9.79. The number of oxazole rings is 1. The van der Waals surface area contributed by atoms with Crippen molar-refractivity contribution in [3.05, 3.63) is 73.6 Å². The number of nitroso groups, excluding NO2 is 1. The first-order valence-electron chi connectivity index (χ1n) is 13.4. The SMILES string of the molecule is COc1ccccc1CCn1c(=O)n(C2CCNC2=O)c(=O)c2c(C)c(-c3ncco3)sc21.O=NC1CCOCC1. The minimum atomic E-state index is -0.823. The first kappa shape index (κ1) is 28.4. The third-order valence-corrected chi connectivity index (χ3v) is 8.64. The van der Waals surface area contributed by atoms with Gasteiger partial charge in [0.05, 0.1) is 29.6 Å². The zero-order chi connectivity index (χ0) is 28.9. The number of para-hydroxylation sites is 1. The molecule has 13 heteroatoms. The van der Waals surface area contributed by atoms with Crippen molar-refractivity contribution in [1.82, 2.24) is 19.4 Å². The van der Waals surface area contributed by atoms with E-state index in [4.69, 9.17) is 13.9 Å². The highest BCUT2D eigenvalue weighted by molar-refractivity contribution is 7.22. The zero-order valence-corrected chi connectivity index (χ0v) is 23.6. The lowest BCUT2D eigenvalue weighted by molar-refractivity contribution is -0.122. The number of amides is 1. The number of aromatic nitrogens is 3. The lowest BCUT2D eigenvalue weighted by atomic mass is 10.1. The van der Waals surface area contributed by atoms with Crippen LogP contribution in [0.5, 0.6) is 5.75 Å². The monoisotopic (exact) mass is 581 g/mol. The van der Waals surface area contributed by atoms with E-state index < -0.39 is 17.3 Å². The van der Waals surface area contributed by atoms with Crippen LogP contribution in [0.4, 0.5) is 0 Å². The summed E-state index contributed by atoms with van der Waals surface area (Å²) in [7, 11) is 1.60. The van der Waals surface area contributed by atoms with Gasteiger partial charge in [0.15, 0.2) is 0 Å². The molecule has 0 spiro atoms. The Morgan fingerprint density at radius 1 is 1.17 bits per heavy atom. The van der Waals surface area contributed by atoms with E-state index in [0.29, 0.717) is 65.7 Å². The highest BCUT2D eigenvalue weighted by atomic mass is 32.1. The van der Waals surface area contributed by atoms with Crippen molar-refractivity contribution in [3.8, 4) is 16.5 Å². The third-order valence-electron chi connectivity index (χ3n) is 7.34. The number of aryl methyl sites for hydroxylation is 3. The van der Waals surface area contributed by atoms with Gasteiger partial charge in [-0.1, -0.05) is 23.4 Å². The number of nitrogens with zero attached hydrogens (tertiary/aromatic N) is 4. The van der Waals surface area contributed by atoms with Gasteiger partial charge >= 0.3 is 5.69 Å². The van der Waals surface area contributed by atoms with Crippen molar-refractivity contribution in [2.75, 3.05) is 26.9 Å². The van der Waals surface area contributed by atoms with Crippen molar-refractivity contribution < 1.29 is 18.7 Å². The molecule has 1 unspecified atom stereocenters. The van der Waals surface area contributed by atoms with Crippen LogP contribution >= 0.6 is 11.3 Å². The molecule has 1 amide bonds. The van der Waals surface area contributed by atoms with Gasteiger partial charge in [0.1, 0.15) is 22.9 Å². The Hall–Kier alpha value is -4.10. The Balaban J connectivity index is 0.000000365. The number of nitrogens with one attached hydrogen (secondary N) is 1. The average molecular weight is 582 g/mol. The number of benzene rings is 1. The molecule has 0 saturated carbocycles. The predicted molar refractivity (Wildman–Crippen MR) is 154 cm³/mol. The third kappa shape index (κ3) is 5.72. The first-order valence-corrected chi connectivity index (χ1v) is 14.2. The van der Waals surface area contributed by atoms with Gasteiger partial charge in [0.2, 0.25) is 11.8 Å². The molecule has 0 bridgehead atoms. The molecule has 2 aliphatic rings. The van der Waals surface area contributed by atoms with Gasteiger partial charge < -0.3 is 19.2 Å². The molecule has 6 rings (SSSR count). The molecule has 5 heterocycles. The molecular weight excluding hydrogens is 550 g/mol. The van der Waals surface area contributed by atoms with Crippen molar-refractivity contribution in [2.24, 2.45) is 5.18 Å². The smallest absolute Gasteiger partial charge is 0.332 e. The van der Waals surface area contributed by atoms with Crippen LogP contribution in [0.2, 0.25) is 0 Å². The Kier molecular flexibility index (Phi) is 8.74. The van der Waals surface area contributed by atoms with Gasteiger partial charge in [-0.15, -0.1) is 11.3 Å². The fourth-order valence-corrected chi connectivity index (χ4v) is 6.39. The van der Waals surface area contributed by atoms with Crippen LogP contribution < -0.4 is 21.3 Å². The van der Waals surface area contributed by atoms with E-state index in [2.05, 4.69) is 15.5 Å². The normalized spacial score (nSPS) is 17.2. The quantitative estimate of drug-likeness (QED) is 0.327. The van der Waals surface area contributed by atoms with Gasteiger partial charge in [-0.05, 0) is 49.8 Å². The summed E-state index contributed by atoms with van der Waals surface area (Å²) in [6.07, 6.45) is 5.53. The fourth-order valence-electron chi connectivity index (χ4n) is 5.14. The van der Waals surface area contributed by atoms with Gasteiger partial charge in [-0.3, -0.25) is 14.2 Å². The summed E-state index contributed by atoms with van der Waals surface area (Å²) in [5.41, 5.74) is 0.667. The van der Waals surface area contributed by atoms with E-state index >= 15 is 0 Å². The largest absolute Gasteiger partial charge is 0.496 e. The molecule has 3 aromatic heterocycles. The summed E-state index contributed by atoms with van der Waals surface area (Å²) in [5.74, 6) is 0.806. The van der Waals surface area contributed by atoms with Crippen LogP contribution in [0.3, 0.4) is 0 Å². The summed E-state index contributed by atoms with van der Waals surface area (Å²) < 4.78 is 18.6. The van der Waals surface area contributed by atoms with Crippen molar-refractivity contribution in [3.63, 3.8) is 0 Å². The summed E-state index contributed by atoms with van der Waals surface area (Å²) in [6.45, 7) is 3.97. The Labute approximate surface area is 238 Å². The molecule has 1 N–H and O–H groups in total. The highest BCUT2D eigenvalue weighted by Gasteiger charge is 2.32. The topological polar surface area (TPSA) is 147 Å². The van der Waals surface area contributed by atoms with Crippen LogP contribution in [0.25, 0.3) is 21.0 Å². The number of fused-ring (bicyclic) bond motifs is 1. The van der Waals surface area contributed by atoms with Crippen LogP contribution in [0.15, 0.2) is 55.9 Å². The van der Waals surface area contributed by atoms with Gasteiger partial charge in [-0.25, -0.2) is 14.3 Å². The van der Waals surface area contributed by atoms with E-state index in [-0.39, 0.29) is 11.9 Å². The average Bonchev–Trinajstić information content (AvgIpc) is 3.75.